The number of amides is 1. The van der Waals surface area contributed by atoms with E-state index in [4.69, 9.17) is 0 Å². The number of nitrogens with zero attached hydrogens (tertiary/aromatic N) is 1. The smallest absolute Gasteiger partial charge is 0.323 e. The summed E-state index contributed by atoms with van der Waals surface area (Å²) in [6, 6.07) is 0. The summed E-state index contributed by atoms with van der Waals surface area (Å²) in [7, 11) is 1.50. The van der Waals surface area contributed by atoms with Crippen molar-refractivity contribution in [1.29, 1.82) is 0 Å². The van der Waals surface area contributed by atoms with E-state index >= 15 is 0 Å². The molecule has 66 valence electrons. The van der Waals surface area contributed by atoms with Crippen LogP contribution in [0, 0.1) is 0 Å². The summed E-state index contributed by atoms with van der Waals surface area (Å²) in [4.78, 5) is 15.1. The molecule has 0 aliphatic heterocycles. The van der Waals surface area contributed by atoms with Crippen LogP contribution in [0.15, 0.2) is 17.3 Å². The molecule has 4 nitrogen and oxygen atoms in total. The Hall–Kier alpha value is -1.32. The summed E-state index contributed by atoms with van der Waals surface area (Å²) in [5.41, 5.74) is 0.824. The van der Waals surface area contributed by atoms with E-state index in [-0.39, 0.29) is 0 Å². The van der Waals surface area contributed by atoms with Crippen LogP contribution in [0.2, 0.25) is 0 Å². The number of allylic oxidation sites excluding steroid dienone is 2. The Labute approximate surface area is 71.3 Å². The van der Waals surface area contributed by atoms with Gasteiger partial charge in [-0.05, 0) is 25.3 Å². The van der Waals surface area contributed by atoms with Gasteiger partial charge in [0.2, 0.25) is 0 Å². The predicted molar refractivity (Wildman–Crippen MR) is 46.0 cm³/mol. The first-order chi connectivity index (χ1) is 5.83. The van der Waals surface area contributed by atoms with Gasteiger partial charge in [-0.3, -0.25) is 4.84 Å². The Morgan fingerprint density at radius 1 is 1.75 bits per heavy atom. The summed E-state index contributed by atoms with van der Waals surface area (Å²) in [5, 5.41) is 5.98. The van der Waals surface area contributed by atoms with E-state index in [2.05, 4.69) is 15.3 Å². The first-order valence-corrected chi connectivity index (χ1v) is 3.95. The van der Waals surface area contributed by atoms with Gasteiger partial charge in [0.25, 0.3) is 0 Å². The Bertz CT molecular complexity index is 221. The third kappa shape index (κ3) is 2.74. The van der Waals surface area contributed by atoms with Gasteiger partial charge < -0.3 is 5.32 Å². The van der Waals surface area contributed by atoms with Crippen molar-refractivity contribution < 1.29 is 9.63 Å². The molecule has 0 aromatic heterocycles. The lowest BCUT2D eigenvalue weighted by atomic mass is 10.1. The fraction of sp³-hybridized carbons (Fsp3) is 0.500. The molecular formula is C8H12N2O2. The molecule has 12 heavy (non-hydrogen) atoms. The van der Waals surface area contributed by atoms with E-state index in [1.54, 1.807) is 0 Å². The molecule has 0 atom stereocenters. The Balaban J connectivity index is 2.40. The highest BCUT2D eigenvalue weighted by Gasteiger charge is 2.02. The minimum absolute atomic E-state index is 0.526. The SMILES string of the molecule is CNC(=O)O/N=C1/C=CCCC1. The summed E-state index contributed by atoms with van der Waals surface area (Å²) in [6.07, 6.45) is 6.42. The van der Waals surface area contributed by atoms with E-state index in [1.807, 2.05) is 12.2 Å². The summed E-state index contributed by atoms with van der Waals surface area (Å²) < 4.78 is 0. The van der Waals surface area contributed by atoms with Gasteiger partial charge in [0.15, 0.2) is 0 Å². The van der Waals surface area contributed by atoms with Crippen LogP contribution in [-0.4, -0.2) is 18.9 Å². The van der Waals surface area contributed by atoms with E-state index in [0.717, 1.165) is 25.0 Å². The lowest BCUT2D eigenvalue weighted by molar-refractivity contribution is 0.153. The average Bonchev–Trinajstić information content (AvgIpc) is 2.16. The van der Waals surface area contributed by atoms with Crippen LogP contribution in [0.25, 0.3) is 0 Å². The molecule has 0 aromatic carbocycles. The second-order valence-electron chi connectivity index (χ2n) is 2.51. The highest BCUT2D eigenvalue weighted by Crippen LogP contribution is 2.07. The minimum atomic E-state index is -0.526. The quantitative estimate of drug-likeness (QED) is 0.475. The molecule has 0 aromatic rings. The maximum atomic E-state index is 10.6. The van der Waals surface area contributed by atoms with Crippen molar-refractivity contribution in [3.05, 3.63) is 12.2 Å². The third-order valence-corrected chi connectivity index (χ3v) is 1.56. The fourth-order valence-corrected chi connectivity index (χ4v) is 0.926. The van der Waals surface area contributed by atoms with Crippen LogP contribution in [0.1, 0.15) is 19.3 Å². The molecule has 0 saturated carbocycles. The van der Waals surface area contributed by atoms with Gasteiger partial charge in [-0.2, -0.15) is 0 Å². The minimum Gasteiger partial charge on any atom is -0.323 e. The van der Waals surface area contributed by atoms with Crippen LogP contribution in [0.4, 0.5) is 4.79 Å². The summed E-state index contributed by atoms with van der Waals surface area (Å²) in [5.74, 6) is 0. The van der Waals surface area contributed by atoms with E-state index in [9.17, 15) is 4.79 Å². The molecule has 1 aliphatic rings. The van der Waals surface area contributed by atoms with Crippen molar-refractivity contribution in [2.75, 3.05) is 7.05 Å². The maximum absolute atomic E-state index is 10.6. The molecule has 0 heterocycles. The highest BCUT2D eigenvalue weighted by atomic mass is 16.7. The number of oxime groups is 1. The molecule has 4 heteroatoms. The van der Waals surface area contributed by atoms with E-state index in [0.29, 0.717) is 0 Å². The van der Waals surface area contributed by atoms with Crippen molar-refractivity contribution in [2.24, 2.45) is 5.16 Å². The average molecular weight is 168 g/mol. The highest BCUT2D eigenvalue weighted by molar-refractivity contribution is 5.95. The van der Waals surface area contributed by atoms with E-state index in [1.165, 1.54) is 7.05 Å². The summed E-state index contributed by atoms with van der Waals surface area (Å²) in [6.45, 7) is 0. The number of hydrogen-bond donors (Lipinski definition) is 1. The molecule has 0 unspecified atom stereocenters. The summed E-state index contributed by atoms with van der Waals surface area (Å²) >= 11 is 0. The predicted octanol–water partition coefficient (Wildman–Crippen LogP) is 1.44. The second kappa shape index (κ2) is 4.54. The number of hydrogen-bond acceptors (Lipinski definition) is 3. The number of nitrogens with one attached hydrogen (secondary N) is 1. The molecule has 0 spiro atoms. The Kier molecular flexibility index (Phi) is 3.32. The molecule has 1 amide bonds. The second-order valence-corrected chi connectivity index (χ2v) is 2.51. The molecule has 1 rings (SSSR count). The molecule has 0 fully saturated rings. The lowest BCUT2D eigenvalue weighted by Crippen LogP contribution is -2.17. The zero-order chi connectivity index (χ0) is 8.81. The molecular weight excluding hydrogens is 156 g/mol. The molecule has 1 N–H and O–H groups in total. The van der Waals surface area contributed by atoms with Crippen molar-refractivity contribution in [2.45, 2.75) is 19.3 Å². The van der Waals surface area contributed by atoms with Gasteiger partial charge in [0.1, 0.15) is 0 Å². The first-order valence-electron chi connectivity index (χ1n) is 3.95. The maximum Gasteiger partial charge on any atom is 0.433 e. The van der Waals surface area contributed by atoms with Gasteiger partial charge in [-0.25, -0.2) is 4.79 Å². The van der Waals surface area contributed by atoms with Crippen molar-refractivity contribution >= 4 is 11.8 Å². The standard InChI is InChI=1S/C8H12N2O2/c1-9-8(11)12-10-7-5-3-2-4-6-7/h3,5H,2,4,6H2,1H3,(H,9,11)/b10-7-. The van der Waals surface area contributed by atoms with Crippen LogP contribution in [-0.2, 0) is 4.84 Å². The molecule has 0 saturated heterocycles. The van der Waals surface area contributed by atoms with Gasteiger partial charge in [0.05, 0.1) is 5.71 Å². The van der Waals surface area contributed by atoms with Crippen molar-refractivity contribution in [3.63, 3.8) is 0 Å². The number of rotatable bonds is 1. The molecule has 1 aliphatic carbocycles. The van der Waals surface area contributed by atoms with Gasteiger partial charge >= 0.3 is 6.09 Å². The topological polar surface area (TPSA) is 50.7 Å². The van der Waals surface area contributed by atoms with Crippen LogP contribution in [0.3, 0.4) is 0 Å². The first kappa shape index (κ1) is 8.77. The van der Waals surface area contributed by atoms with Crippen LogP contribution >= 0.6 is 0 Å². The van der Waals surface area contributed by atoms with Crippen molar-refractivity contribution in [1.82, 2.24) is 5.32 Å². The zero-order valence-electron chi connectivity index (χ0n) is 7.04. The van der Waals surface area contributed by atoms with Gasteiger partial charge in [-0.1, -0.05) is 11.2 Å². The zero-order valence-corrected chi connectivity index (χ0v) is 7.04. The number of carbonyl (C=O) groups is 1. The Morgan fingerprint density at radius 2 is 2.58 bits per heavy atom. The lowest BCUT2D eigenvalue weighted by Gasteiger charge is -2.04. The third-order valence-electron chi connectivity index (χ3n) is 1.56. The van der Waals surface area contributed by atoms with Crippen LogP contribution in [0.5, 0.6) is 0 Å². The van der Waals surface area contributed by atoms with Gasteiger partial charge in [0, 0.05) is 7.05 Å². The Morgan fingerprint density at radius 3 is 3.17 bits per heavy atom. The normalized spacial score (nSPS) is 19.2. The number of carbonyl (C=O) groups excluding carboxylic acids is 1. The molecule has 0 bridgehead atoms. The van der Waals surface area contributed by atoms with E-state index < -0.39 is 6.09 Å². The monoisotopic (exact) mass is 168 g/mol. The van der Waals surface area contributed by atoms with Crippen molar-refractivity contribution in [3.8, 4) is 0 Å². The molecule has 0 radical (unpaired) electrons. The van der Waals surface area contributed by atoms with Gasteiger partial charge in [-0.15, -0.1) is 0 Å². The fourth-order valence-electron chi connectivity index (χ4n) is 0.926. The largest absolute Gasteiger partial charge is 0.433 e. The van der Waals surface area contributed by atoms with Crippen LogP contribution < -0.4 is 5.32 Å².